The molecular weight excluding hydrogens is 368 g/mol. The van der Waals surface area contributed by atoms with Crippen LogP contribution in [0.5, 0.6) is 0 Å². The summed E-state index contributed by atoms with van der Waals surface area (Å²) in [7, 11) is 4.75. The molecule has 0 aromatic heterocycles. The Morgan fingerprint density at radius 3 is 2.21 bits per heavy atom. The van der Waals surface area contributed by atoms with Crippen LogP contribution in [0.4, 0.5) is 0 Å². The van der Waals surface area contributed by atoms with Crippen LogP contribution in [-0.4, -0.2) is 44.1 Å². The highest BCUT2D eigenvalue weighted by Gasteiger charge is 2.73. The molecule has 29 heavy (non-hydrogen) atoms. The second-order valence-corrected chi connectivity index (χ2v) is 9.24. The van der Waals surface area contributed by atoms with Crippen molar-refractivity contribution in [3.63, 3.8) is 0 Å². The molecule has 0 radical (unpaired) electrons. The number of allylic oxidation sites excluding steroid dienone is 5. The van der Waals surface area contributed by atoms with Crippen molar-refractivity contribution in [3.8, 4) is 0 Å². The number of hydrogen-bond donors (Lipinski definition) is 1. The molecule has 1 fully saturated rings. The van der Waals surface area contributed by atoms with Crippen molar-refractivity contribution in [2.24, 2.45) is 16.7 Å². The molecular formula is C24H38O5. The van der Waals surface area contributed by atoms with Crippen LogP contribution >= 0.6 is 0 Å². The maximum absolute atomic E-state index is 13.4. The lowest BCUT2D eigenvalue weighted by molar-refractivity contribution is -0.346. The topological polar surface area (TPSA) is 65.0 Å². The molecule has 4 unspecified atom stereocenters. The van der Waals surface area contributed by atoms with Crippen LogP contribution in [0.25, 0.3) is 0 Å². The molecule has 5 heteroatoms. The van der Waals surface area contributed by atoms with Crippen molar-refractivity contribution in [2.75, 3.05) is 21.3 Å². The van der Waals surface area contributed by atoms with E-state index in [1.165, 1.54) is 5.57 Å². The summed E-state index contributed by atoms with van der Waals surface area (Å²) in [4.78, 5) is 13.4. The Morgan fingerprint density at radius 1 is 1.14 bits per heavy atom. The van der Waals surface area contributed by atoms with Crippen LogP contribution in [0.1, 0.15) is 60.3 Å². The third-order valence-corrected chi connectivity index (χ3v) is 6.96. The standard InChI is InChI=1S/C24H38O5/c1-16(2)10-9-12-22(5)19(26)15-23(13-11-17(3)4)20(27-6)14-18(25)21(22)24(23,28-7)29-8/h10-11,14,19,21,26H,9,12-13,15H2,1-8H3. The maximum atomic E-state index is 13.4. The second kappa shape index (κ2) is 8.75. The van der Waals surface area contributed by atoms with E-state index in [2.05, 4.69) is 26.0 Å². The van der Waals surface area contributed by atoms with Gasteiger partial charge in [0.15, 0.2) is 11.6 Å². The molecule has 0 saturated heterocycles. The van der Waals surface area contributed by atoms with Gasteiger partial charge in [0, 0.05) is 25.7 Å². The average molecular weight is 407 g/mol. The SMILES string of the molecule is COC1=CC(=O)C2C(C)(CCC=C(C)C)C(O)CC1(CC=C(C)C)C2(OC)OC. The third kappa shape index (κ3) is 3.73. The summed E-state index contributed by atoms with van der Waals surface area (Å²) in [6.45, 7) is 10.2. The summed E-state index contributed by atoms with van der Waals surface area (Å²) in [6, 6.07) is 0. The molecule has 0 aromatic carbocycles. The van der Waals surface area contributed by atoms with Crippen LogP contribution in [0.3, 0.4) is 0 Å². The lowest BCUT2D eigenvalue weighted by Gasteiger charge is -2.63. The third-order valence-electron chi connectivity index (χ3n) is 6.96. The van der Waals surface area contributed by atoms with Crippen molar-refractivity contribution in [1.82, 2.24) is 0 Å². The molecule has 1 N–H and O–H groups in total. The number of carbonyl (C=O) groups is 1. The summed E-state index contributed by atoms with van der Waals surface area (Å²) < 4.78 is 17.9. The Hall–Kier alpha value is -1.43. The van der Waals surface area contributed by atoms with Crippen molar-refractivity contribution >= 4 is 5.78 Å². The van der Waals surface area contributed by atoms with Gasteiger partial charge in [0.2, 0.25) is 0 Å². The first-order valence-electron chi connectivity index (χ1n) is 10.4. The largest absolute Gasteiger partial charge is 0.500 e. The molecule has 1 saturated carbocycles. The summed E-state index contributed by atoms with van der Waals surface area (Å²) in [5.74, 6) is -1.44. The molecule has 2 aliphatic carbocycles. The molecule has 0 aromatic rings. The van der Waals surface area contributed by atoms with E-state index >= 15 is 0 Å². The number of rotatable bonds is 8. The molecule has 2 aliphatic rings. The van der Waals surface area contributed by atoms with E-state index in [-0.39, 0.29) is 5.78 Å². The van der Waals surface area contributed by atoms with Gasteiger partial charge >= 0.3 is 0 Å². The van der Waals surface area contributed by atoms with Gasteiger partial charge in [0.1, 0.15) is 5.76 Å². The Bertz CT molecular complexity index is 707. The van der Waals surface area contributed by atoms with Crippen LogP contribution in [-0.2, 0) is 19.0 Å². The first-order valence-corrected chi connectivity index (χ1v) is 10.4. The molecule has 0 heterocycles. The fraction of sp³-hybridized carbons (Fsp3) is 0.708. The smallest absolute Gasteiger partial charge is 0.191 e. The zero-order valence-electron chi connectivity index (χ0n) is 19.3. The number of ketones is 1. The van der Waals surface area contributed by atoms with E-state index in [0.717, 1.165) is 12.0 Å². The number of carbonyl (C=O) groups excluding carboxylic acids is 1. The van der Waals surface area contributed by atoms with Crippen molar-refractivity contribution in [3.05, 3.63) is 35.1 Å². The Morgan fingerprint density at radius 2 is 1.72 bits per heavy atom. The highest BCUT2D eigenvalue weighted by atomic mass is 16.7. The van der Waals surface area contributed by atoms with Gasteiger partial charge in [-0.15, -0.1) is 0 Å². The number of hydrogen-bond acceptors (Lipinski definition) is 5. The van der Waals surface area contributed by atoms with Crippen molar-refractivity contribution in [2.45, 2.75) is 72.2 Å². The summed E-state index contributed by atoms with van der Waals surface area (Å²) in [5, 5.41) is 11.4. The van der Waals surface area contributed by atoms with E-state index in [9.17, 15) is 9.90 Å². The highest BCUT2D eigenvalue weighted by molar-refractivity contribution is 5.95. The van der Waals surface area contributed by atoms with E-state index in [1.807, 2.05) is 20.8 Å². The maximum Gasteiger partial charge on any atom is 0.191 e. The molecule has 4 atom stereocenters. The van der Waals surface area contributed by atoms with Gasteiger partial charge < -0.3 is 19.3 Å². The van der Waals surface area contributed by atoms with Crippen LogP contribution in [0, 0.1) is 16.7 Å². The van der Waals surface area contributed by atoms with Gasteiger partial charge in [-0.05, 0) is 53.4 Å². The Labute approximate surface area is 175 Å². The van der Waals surface area contributed by atoms with Crippen LogP contribution < -0.4 is 0 Å². The molecule has 0 spiro atoms. The van der Waals surface area contributed by atoms with E-state index in [4.69, 9.17) is 14.2 Å². The average Bonchev–Trinajstić information content (AvgIpc) is 2.65. The molecule has 2 bridgehead atoms. The number of aliphatic hydroxyl groups excluding tert-OH is 1. The first kappa shape index (κ1) is 23.8. The summed E-state index contributed by atoms with van der Waals surface area (Å²) in [6.07, 6.45) is 7.56. The van der Waals surface area contributed by atoms with Crippen LogP contribution in [0.2, 0.25) is 0 Å². The minimum atomic E-state index is -1.21. The van der Waals surface area contributed by atoms with Crippen molar-refractivity contribution < 1.29 is 24.1 Å². The summed E-state index contributed by atoms with van der Waals surface area (Å²) >= 11 is 0. The molecule has 164 valence electrons. The predicted molar refractivity (Wildman–Crippen MR) is 114 cm³/mol. The Kier molecular flexibility index (Phi) is 7.19. The van der Waals surface area contributed by atoms with Gasteiger partial charge in [0.25, 0.3) is 0 Å². The molecule has 5 nitrogen and oxygen atoms in total. The van der Waals surface area contributed by atoms with Crippen molar-refractivity contribution in [1.29, 1.82) is 0 Å². The molecule has 0 amide bonds. The van der Waals surface area contributed by atoms with Gasteiger partial charge in [-0.3, -0.25) is 4.79 Å². The number of fused-ring (bicyclic) bond motifs is 2. The van der Waals surface area contributed by atoms with Gasteiger partial charge in [-0.2, -0.15) is 0 Å². The predicted octanol–water partition coefficient (Wildman–Crippen LogP) is 4.56. The normalized spacial score (nSPS) is 33.0. The number of methoxy groups -OCH3 is 3. The lowest BCUT2D eigenvalue weighted by atomic mass is 9.47. The van der Waals surface area contributed by atoms with Crippen LogP contribution in [0.15, 0.2) is 35.1 Å². The van der Waals surface area contributed by atoms with Gasteiger partial charge in [0.05, 0.1) is 24.5 Å². The lowest BCUT2D eigenvalue weighted by Crippen LogP contribution is -2.71. The number of aliphatic hydroxyl groups is 1. The molecule has 0 aliphatic heterocycles. The zero-order valence-corrected chi connectivity index (χ0v) is 19.3. The number of ether oxygens (including phenoxy) is 3. The quantitative estimate of drug-likeness (QED) is 0.473. The first-order chi connectivity index (χ1) is 13.5. The second-order valence-electron chi connectivity index (χ2n) is 9.24. The van der Waals surface area contributed by atoms with E-state index < -0.39 is 28.6 Å². The highest BCUT2D eigenvalue weighted by Crippen LogP contribution is 2.65. The minimum absolute atomic E-state index is 0.114. The fourth-order valence-electron chi connectivity index (χ4n) is 5.39. The van der Waals surface area contributed by atoms with E-state index in [0.29, 0.717) is 25.0 Å². The van der Waals surface area contributed by atoms with Gasteiger partial charge in [-0.25, -0.2) is 0 Å². The monoisotopic (exact) mass is 406 g/mol. The summed E-state index contributed by atoms with van der Waals surface area (Å²) in [5.41, 5.74) is 0.907. The molecule has 2 rings (SSSR count). The zero-order chi connectivity index (χ0) is 22.0. The van der Waals surface area contributed by atoms with Gasteiger partial charge in [-0.1, -0.05) is 30.2 Å². The minimum Gasteiger partial charge on any atom is -0.500 e. The van der Waals surface area contributed by atoms with E-state index in [1.54, 1.807) is 27.4 Å². The Balaban J connectivity index is 2.71. The fourth-order valence-corrected chi connectivity index (χ4v) is 5.39.